The van der Waals surface area contributed by atoms with Gasteiger partial charge in [0.25, 0.3) is 0 Å². The Morgan fingerprint density at radius 3 is 2.29 bits per heavy atom. The van der Waals surface area contributed by atoms with E-state index in [0.717, 1.165) is 12.8 Å². The Labute approximate surface area is 86.2 Å². The molecule has 0 rings (SSSR count). The van der Waals surface area contributed by atoms with Gasteiger partial charge in [-0.3, -0.25) is 9.05 Å². The highest BCUT2D eigenvalue weighted by atomic mass is 31.2. The fourth-order valence-electron chi connectivity index (χ4n) is 0.968. The second-order valence-electron chi connectivity index (χ2n) is 3.99. The van der Waals surface area contributed by atoms with Crippen molar-refractivity contribution in [3.63, 3.8) is 0 Å². The Hall–Kier alpha value is 0.110. The van der Waals surface area contributed by atoms with Crippen LogP contribution in [-0.4, -0.2) is 17.6 Å². The Morgan fingerprint density at radius 1 is 1.29 bits per heavy atom. The molecule has 0 aromatic heterocycles. The van der Waals surface area contributed by atoms with Crippen LogP contribution in [0, 0.1) is 5.92 Å². The van der Waals surface area contributed by atoms with Crippen molar-refractivity contribution in [2.24, 2.45) is 5.92 Å². The predicted octanol–water partition coefficient (Wildman–Crippen LogP) is 2.96. The maximum atomic E-state index is 11.2. The zero-order valence-corrected chi connectivity index (χ0v) is 10.3. The molecule has 5 heteroatoms. The molecule has 0 saturated carbocycles. The van der Waals surface area contributed by atoms with E-state index in [1.807, 2.05) is 0 Å². The van der Waals surface area contributed by atoms with Gasteiger partial charge >= 0.3 is 7.82 Å². The summed E-state index contributed by atoms with van der Waals surface area (Å²) in [5, 5.41) is 0. The maximum Gasteiger partial charge on any atom is 0.472 e. The third-order valence-corrected chi connectivity index (χ3v) is 2.72. The first kappa shape index (κ1) is 14.1. The van der Waals surface area contributed by atoms with E-state index in [2.05, 4.69) is 13.8 Å². The number of phosphoric acid groups is 1. The van der Waals surface area contributed by atoms with Crippen molar-refractivity contribution in [3.05, 3.63) is 0 Å². The summed E-state index contributed by atoms with van der Waals surface area (Å²) in [7, 11) is -3.81. The minimum absolute atomic E-state index is 0.276. The lowest BCUT2D eigenvalue weighted by molar-refractivity contribution is 0.118. The molecule has 14 heavy (non-hydrogen) atoms. The van der Waals surface area contributed by atoms with E-state index >= 15 is 0 Å². The SMILES string of the molecule is CC(C)CCCOP(=O)(O)OC(C)C. The van der Waals surface area contributed by atoms with Crippen molar-refractivity contribution < 1.29 is 18.5 Å². The predicted molar refractivity (Wildman–Crippen MR) is 56.1 cm³/mol. The van der Waals surface area contributed by atoms with Crippen LogP contribution in [0.1, 0.15) is 40.5 Å². The van der Waals surface area contributed by atoms with Gasteiger partial charge in [-0.15, -0.1) is 0 Å². The highest BCUT2D eigenvalue weighted by Crippen LogP contribution is 2.44. The van der Waals surface area contributed by atoms with Crippen molar-refractivity contribution in [1.29, 1.82) is 0 Å². The topological polar surface area (TPSA) is 55.8 Å². The van der Waals surface area contributed by atoms with E-state index in [1.54, 1.807) is 13.8 Å². The first-order chi connectivity index (χ1) is 6.33. The van der Waals surface area contributed by atoms with Crippen LogP contribution in [0.5, 0.6) is 0 Å². The number of hydrogen-bond acceptors (Lipinski definition) is 3. The summed E-state index contributed by atoms with van der Waals surface area (Å²) in [4.78, 5) is 9.16. The molecule has 1 atom stereocenters. The first-order valence-electron chi connectivity index (χ1n) is 4.99. The van der Waals surface area contributed by atoms with E-state index in [1.165, 1.54) is 0 Å². The molecule has 1 unspecified atom stereocenters. The molecule has 0 spiro atoms. The second kappa shape index (κ2) is 6.57. The minimum Gasteiger partial charge on any atom is -0.302 e. The van der Waals surface area contributed by atoms with E-state index in [0.29, 0.717) is 5.92 Å². The maximum absolute atomic E-state index is 11.2. The molecule has 0 amide bonds. The third kappa shape index (κ3) is 8.70. The summed E-state index contributed by atoms with van der Waals surface area (Å²) >= 11 is 0. The largest absolute Gasteiger partial charge is 0.472 e. The quantitative estimate of drug-likeness (QED) is 0.533. The summed E-state index contributed by atoms with van der Waals surface area (Å²) in [5.74, 6) is 0.586. The molecule has 1 N–H and O–H groups in total. The van der Waals surface area contributed by atoms with Gasteiger partial charge in [-0.05, 0) is 32.6 Å². The zero-order valence-electron chi connectivity index (χ0n) is 9.40. The van der Waals surface area contributed by atoms with Crippen LogP contribution in [0.25, 0.3) is 0 Å². The normalized spacial score (nSPS) is 16.2. The van der Waals surface area contributed by atoms with Crippen LogP contribution >= 0.6 is 7.82 Å². The van der Waals surface area contributed by atoms with Crippen LogP contribution in [-0.2, 0) is 13.6 Å². The van der Waals surface area contributed by atoms with Crippen LogP contribution in [0.15, 0.2) is 0 Å². The van der Waals surface area contributed by atoms with E-state index in [4.69, 9.17) is 13.9 Å². The fourth-order valence-corrected chi connectivity index (χ4v) is 1.92. The zero-order chi connectivity index (χ0) is 11.2. The van der Waals surface area contributed by atoms with Gasteiger partial charge < -0.3 is 4.89 Å². The van der Waals surface area contributed by atoms with Gasteiger partial charge in [0.2, 0.25) is 0 Å². The molecule has 0 aromatic carbocycles. The van der Waals surface area contributed by atoms with E-state index < -0.39 is 7.82 Å². The highest BCUT2D eigenvalue weighted by Gasteiger charge is 2.21. The minimum atomic E-state index is -3.81. The van der Waals surface area contributed by atoms with Crippen molar-refractivity contribution >= 4 is 7.82 Å². The Balaban J connectivity index is 3.61. The summed E-state index contributed by atoms with van der Waals surface area (Å²) < 4.78 is 20.7. The van der Waals surface area contributed by atoms with Crippen molar-refractivity contribution in [3.8, 4) is 0 Å². The van der Waals surface area contributed by atoms with Gasteiger partial charge in [0, 0.05) is 0 Å². The average molecular weight is 224 g/mol. The summed E-state index contributed by atoms with van der Waals surface area (Å²) in [6, 6.07) is 0. The fraction of sp³-hybridized carbons (Fsp3) is 1.00. The molecule has 4 nitrogen and oxygen atoms in total. The monoisotopic (exact) mass is 224 g/mol. The summed E-state index contributed by atoms with van der Waals surface area (Å²) in [5.41, 5.74) is 0. The van der Waals surface area contributed by atoms with Gasteiger partial charge in [-0.2, -0.15) is 0 Å². The molecule has 0 heterocycles. The first-order valence-corrected chi connectivity index (χ1v) is 6.49. The Morgan fingerprint density at radius 2 is 1.86 bits per heavy atom. The number of hydrogen-bond donors (Lipinski definition) is 1. The lowest BCUT2D eigenvalue weighted by Gasteiger charge is -2.14. The third-order valence-electron chi connectivity index (χ3n) is 1.52. The van der Waals surface area contributed by atoms with Gasteiger partial charge in [0.1, 0.15) is 0 Å². The molecule has 0 aliphatic heterocycles. The molecule has 0 saturated heterocycles. The molecular formula is C9H21O4P. The van der Waals surface area contributed by atoms with Crippen LogP contribution in [0.2, 0.25) is 0 Å². The van der Waals surface area contributed by atoms with Crippen molar-refractivity contribution in [1.82, 2.24) is 0 Å². The second-order valence-corrected chi connectivity index (χ2v) is 5.40. The highest BCUT2D eigenvalue weighted by molar-refractivity contribution is 7.47. The van der Waals surface area contributed by atoms with Gasteiger partial charge in [-0.25, -0.2) is 4.57 Å². The van der Waals surface area contributed by atoms with Gasteiger partial charge in [0.05, 0.1) is 12.7 Å². The standard InChI is InChI=1S/C9H21O4P/c1-8(2)6-5-7-12-14(10,11)13-9(3)4/h8-9H,5-7H2,1-4H3,(H,10,11). The van der Waals surface area contributed by atoms with Crippen LogP contribution < -0.4 is 0 Å². The van der Waals surface area contributed by atoms with Crippen molar-refractivity contribution in [2.75, 3.05) is 6.61 Å². The lowest BCUT2D eigenvalue weighted by atomic mass is 10.1. The number of phosphoric ester groups is 1. The average Bonchev–Trinajstić information content (AvgIpc) is 1.95. The van der Waals surface area contributed by atoms with Crippen molar-refractivity contribution in [2.45, 2.75) is 46.6 Å². The molecule has 0 aliphatic carbocycles. The summed E-state index contributed by atoms with van der Waals surface area (Å²) in [6.07, 6.45) is 1.47. The lowest BCUT2D eigenvalue weighted by Crippen LogP contribution is -2.04. The Bertz CT molecular complexity index is 191. The molecule has 86 valence electrons. The molecular weight excluding hydrogens is 203 g/mol. The molecule has 0 fully saturated rings. The molecule has 0 radical (unpaired) electrons. The number of rotatable bonds is 7. The molecule has 0 bridgehead atoms. The van der Waals surface area contributed by atoms with E-state index in [-0.39, 0.29) is 12.7 Å². The Kier molecular flexibility index (Phi) is 6.62. The van der Waals surface area contributed by atoms with Crippen LogP contribution in [0.4, 0.5) is 0 Å². The summed E-state index contributed by atoms with van der Waals surface area (Å²) in [6.45, 7) is 7.87. The van der Waals surface area contributed by atoms with Gasteiger partial charge in [-0.1, -0.05) is 13.8 Å². The molecule has 0 aliphatic rings. The van der Waals surface area contributed by atoms with Gasteiger partial charge in [0.15, 0.2) is 0 Å². The molecule has 0 aromatic rings. The smallest absolute Gasteiger partial charge is 0.302 e. The van der Waals surface area contributed by atoms with E-state index in [9.17, 15) is 4.57 Å². The van der Waals surface area contributed by atoms with Crippen LogP contribution in [0.3, 0.4) is 0 Å².